The summed E-state index contributed by atoms with van der Waals surface area (Å²) in [7, 11) is 0. The summed E-state index contributed by atoms with van der Waals surface area (Å²) in [6, 6.07) is 5.43. The van der Waals surface area contributed by atoms with Gasteiger partial charge in [-0.25, -0.2) is 4.79 Å². The van der Waals surface area contributed by atoms with Crippen LogP contribution in [-0.4, -0.2) is 30.1 Å². The first-order valence-corrected chi connectivity index (χ1v) is 8.54. The number of benzene rings is 1. The Morgan fingerprint density at radius 1 is 1.23 bits per heavy atom. The van der Waals surface area contributed by atoms with Gasteiger partial charge >= 0.3 is 12.5 Å². The van der Waals surface area contributed by atoms with Crippen molar-refractivity contribution in [3.8, 4) is 5.75 Å². The highest BCUT2D eigenvalue weighted by Gasteiger charge is 2.33. The summed E-state index contributed by atoms with van der Waals surface area (Å²) < 4.78 is 46.3. The van der Waals surface area contributed by atoms with Crippen molar-refractivity contribution in [1.29, 1.82) is 0 Å². The topological polar surface area (TPSA) is 73.6 Å². The van der Waals surface area contributed by atoms with Gasteiger partial charge in [0, 0.05) is 12.1 Å². The fraction of sp³-hybridized carbons (Fsp3) is 0.611. The molecule has 1 fully saturated rings. The van der Waals surface area contributed by atoms with Gasteiger partial charge in [-0.3, -0.25) is 0 Å². The second-order valence-corrected chi connectivity index (χ2v) is 7.55. The van der Waals surface area contributed by atoms with Crippen molar-refractivity contribution < 1.29 is 27.4 Å². The number of ether oxygens (including phenoxy) is 2. The van der Waals surface area contributed by atoms with E-state index in [2.05, 4.69) is 10.1 Å². The Hall–Kier alpha value is -1.96. The van der Waals surface area contributed by atoms with E-state index in [4.69, 9.17) is 10.5 Å². The van der Waals surface area contributed by atoms with Crippen LogP contribution in [0.5, 0.6) is 5.75 Å². The van der Waals surface area contributed by atoms with Gasteiger partial charge in [-0.2, -0.15) is 0 Å². The van der Waals surface area contributed by atoms with Crippen molar-refractivity contribution in [2.24, 2.45) is 5.73 Å². The maximum Gasteiger partial charge on any atom is 0.573 e. The van der Waals surface area contributed by atoms with Gasteiger partial charge in [-0.05, 0) is 63.6 Å². The molecule has 0 spiro atoms. The summed E-state index contributed by atoms with van der Waals surface area (Å²) in [6.45, 7) is 5.33. The molecule has 3 N–H and O–H groups in total. The Morgan fingerprint density at radius 2 is 1.92 bits per heavy atom. The van der Waals surface area contributed by atoms with Crippen molar-refractivity contribution in [1.82, 2.24) is 5.32 Å². The molecule has 0 radical (unpaired) electrons. The van der Waals surface area contributed by atoms with Crippen molar-refractivity contribution in [2.75, 3.05) is 0 Å². The molecule has 0 bridgehead atoms. The van der Waals surface area contributed by atoms with E-state index in [-0.39, 0.29) is 23.8 Å². The SMILES string of the molecule is CC(C)(C)OC(=O)N[C@H]1CC[C@H](c2cccc(OC(F)(F)F)c2)C[C@@H]1N. The third-order valence-corrected chi connectivity index (χ3v) is 4.16. The Morgan fingerprint density at radius 3 is 2.50 bits per heavy atom. The smallest absolute Gasteiger partial charge is 0.444 e. The highest BCUT2D eigenvalue weighted by molar-refractivity contribution is 5.68. The van der Waals surface area contributed by atoms with E-state index in [9.17, 15) is 18.0 Å². The number of nitrogens with one attached hydrogen (secondary N) is 1. The molecule has 0 heterocycles. The number of nitrogens with two attached hydrogens (primary N) is 1. The lowest BCUT2D eigenvalue weighted by molar-refractivity contribution is -0.274. The molecule has 0 saturated heterocycles. The van der Waals surface area contributed by atoms with Gasteiger partial charge in [-0.1, -0.05) is 12.1 Å². The first kappa shape index (κ1) is 20.4. The van der Waals surface area contributed by atoms with E-state index < -0.39 is 18.1 Å². The largest absolute Gasteiger partial charge is 0.573 e. The first-order valence-electron chi connectivity index (χ1n) is 8.54. The number of alkyl carbamates (subject to hydrolysis) is 1. The fourth-order valence-corrected chi connectivity index (χ4v) is 3.11. The summed E-state index contributed by atoms with van der Waals surface area (Å²) in [5.41, 5.74) is 6.33. The van der Waals surface area contributed by atoms with Gasteiger partial charge in [-0.15, -0.1) is 13.2 Å². The second-order valence-electron chi connectivity index (χ2n) is 7.55. The molecule has 0 aliphatic heterocycles. The molecule has 1 aliphatic carbocycles. The highest BCUT2D eigenvalue weighted by Crippen LogP contribution is 2.35. The fourth-order valence-electron chi connectivity index (χ4n) is 3.11. The molecular weight excluding hydrogens is 349 g/mol. The van der Waals surface area contributed by atoms with Crippen LogP contribution in [0.4, 0.5) is 18.0 Å². The van der Waals surface area contributed by atoms with Crippen LogP contribution in [0, 0.1) is 0 Å². The second kappa shape index (κ2) is 7.73. The minimum atomic E-state index is -4.72. The van der Waals surface area contributed by atoms with Crippen molar-refractivity contribution in [3.63, 3.8) is 0 Å². The molecule has 146 valence electrons. The van der Waals surface area contributed by atoms with E-state index >= 15 is 0 Å². The maximum atomic E-state index is 12.4. The number of amides is 1. The van der Waals surface area contributed by atoms with E-state index in [1.807, 2.05) is 0 Å². The van der Waals surface area contributed by atoms with Crippen molar-refractivity contribution in [2.45, 2.75) is 70.0 Å². The van der Waals surface area contributed by atoms with Crippen LogP contribution in [0.25, 0.3) is 0 Å². The van der Waals surface area contributed by atoms with Gasteiger partial charge in [0.05, 0.1) is 0 Å². The molecule has 5 nitrogen and oxygen atoms in total. The molecule has 0 aromatic heterocycles. The monoisotopic (exact) mass is 374 g/mol. The van der Waals surface area contributed by atoms with Crippen molar-refractivity contribution in [3.05, 3.63) is 29.8 Å². The summed E-state index contributed by atoms with van der Waals surface area (Å²) in [5.74, 6) is -0.226. The van der Waals surface area contributed by atoms with E-state index in [0.717, 1.165) is 5.56 Å². The maximum absolute atomic E-state index is 12.4. The minimum absolute atomic E-state index is 0.0125. The van der Waals surface area contributed by atoms with Crippen LogP contribution >= 0.6 is 0 Å². The molecule has 0 unspecified atom stereocenters. The molecule has 1 aromatic carbocycles. The van der Waals surface area contributed by atoms with Crippen LogP contribution in [0.15, 0.2) is 24.3 Å². The van der Waals surface area contributed by atoms with Crippen LogP contribution in [0.3, 0.4) is 0 Å². The number of hydrogen-bond donors (Lipinski definition) is 2. The average Bonchev–Trinajstić information content (AvgIpc) is 2.46. The van der Waals surface area contributed by atoms with Crippen LogP contribution in [0.2, 0.25) is 0 Å². The van der Waals surface area contributed by atoms with E-state index in [1.165, 1.54) is 18.2 Å². The lowest BCUT2D eigenvalue weighted by Gasteiger charge is -2.35. The molecule has 1 aromatic rings. The molecule has 8 heteroatoms. The van der Waals surface area contributed by atoms with Gasteiger partial charge < -0.3 is 20.5 Å². The number of hydrogen-bond acceptors (Lipinski definition) is 4. The molecule has 26 heavy (non-hydrogen) atoms. The molecule has 1 amide bonds. The summed E-state index contributed by atoms with van der Waals surface area (Å²) in [5, 5.41) is 2.78. The predicted octanol–water partition coefficient (Wildman–Crippen LogP) is 4.07. The zero-order chi connectivity index (χ0) is 19.5. The minimum Gasteiger partial charge on any atom is -0.444 e. The van der Waals surface area contributed by atoms with Gasteiger partial charge in [0.25, 0.3) is 0 Å². The molecule has 2 rings (SSSR count). The molecule has 3 atom stereocenters. The quantitative estimate of drug-likeness (QED) is 0.836. The number of halogens is 3. The zero-order valence-corrected chi connectivity index (χ0v) is 15.1. The Bertz CT molecular complexity index is 629. The lowest BCUT2D eigenvalue weighted by Crippen LogP contribution is -2.51. The normalized spacial score (nSPS) is 24.0. The van der Waals surface area contributed by atoms with E-state index in [1.54, 1.807) is 26.8 Å². The van der Waals surface area contributed by atoms with Crippen LogP contribution in [0.1, 0.15) is 51.5 Å². The standard InChI is InChI=1S/C18H25F3N2O3/c1-17(2,3)26-16(24)23-15-8-7-12(10-14(15)22)11-5-4-6-13(9-11)25-18(19,20)21/h4-6,9,12,14-15H,7-8,10,22H2,1-3H3,(H,23,24)/t12-,14-,15-/m0/s1. The van der Waals surface area contributed by atoms with Gasteiger partial charge in [0.1, 0.15) is 11.4 Å². The van der Waals surface area contributed by atoms with Crippen LogP contribution < -0.4 is 15.8 Å². The molecule has 1 saturated carbocycles. The van der Waals surface area contributed by atoms with Crippen molar-refractivity contribution >= 4 is 6.09 Å². The highest BCUT2D eigenvalue weighted by atomic mass is 19.4. The Labute approximate surface area is 151 Å². The van der Waals surface area contributed by atoms with Crippen LogP contribution in [-0.2, 0) is 4.74 Å². The summed E-state index contributed by atoms with van der Waals surface area (Å²) in [6.07, 6.45) is -3.36. The number of alkyl halides is 3. The number of carbonyl (C=O) groups is 1. The Balaban J connectivity index is 1.96. The summed E-state index contributed by atoms with van der Waals surface area (Å²) in [4.78, 5) is 11.9. The predicted molar refractivity (Wildman–Crippen MR) is 90.9 cm³/mol. The average molecular weight is 374 g/mol. The Kier molecular flexibility index (Phi) is 6.05. The zero-order valence-electron chi connectivity index (χ0n) is 15.1. The van der Waals surface area contributed by atoms with Gasteiger partial charge in [0.15, 0.2) is 0 Å². The van der Waals surface area contributed by atoms with E-state index in [0.29, 0.717) is 19.3 Å². The lowest BCUT2D eigenvalue weighted by atomic mass is 9.79. The third-order valence-electron chi connectivity index (χ3n) is 4.16. The summed E-state index contributed by atoms with van der Waals surface area (Å²) >= 11 is 0. The van der Waals surface area contributed by atoms with Gasteiger partial charge in [0.2, 0.25) is 0 Å². The molecular formula is C18H25F3N2O3. The third kappa shape index (κ3) is 6.40. The number of carbonyl (C=O) groups excluding carboxylic acids is 1. The molecule has 1 aliphatic rings. The first-order chi connectivity index (χ1) is 11.9. The number of rotatable bonds is 3.